The van der Waals surface area contributed by atoms with E-state index in [4.69, 9.17) is 5.73 Å². The van der Waals surface area contributed by atoms with E-state index in [1.807, 2.05) is 24.3 Å². The van der Waals surface area contributed by atoms with Crippen LogP contribution in [0.1, 0.15) is 22.3 Å². The monoisotopic (exact) mass is 221 g/mol. The normalized spacial score (nSPS) is 9.53. The first-order chi connectivity index (χ1) is 8.15. The third-order valence-corrected chi connectivity index (χ3v) is 2.62. The van der Waals surface area contributed by atoms with Gasteiger partial charge in [0.15, 0.2) is 0 Å². The van der Waals surface area contributed by atoms with Crippen LogP contribution in [0.5, 0.6) is 0 Å². The number of benzene rings is 2. The molecule has 0 radical (unpaired) electrons. The van der Waals surface area contributed by atoms with E-state index < -0.39 is 0 Å². The number of hydrogen-bond donors (Lipinski definition) is 1. The highest BCUT2D eigenvalue weighted by molar-refractivity contribution is 5.51. The van der Waals surface area contributed by atoms with Crippen molar-refractivity contribution in [1.82, 2.24) is 0 Å². The second-order valence-corrected chi connectivity index (χ2v) is 4.19. The van der Waals surface area contributed by atoms with Crippen molar-refractivity contribution in [3.63, 3.8) is 0 Å². The molecule has 0 bridgehead atoms. The van der Waals surface area contributed by atoms with Crippen LogP contribution >= 0.6 is 0 Å². The van der Waals surface area contributed by atoms with Gasteiger partial charge in [-0.1, -0.05) is 30.0 Å². The zero-order chi connectivity index (χ0) is 12.3. The van der Waals surface area contributed by atoms with Gasteiger partial charge in [-0.25, -0.2) is 0 Å². The third-order valence-electron chi connectivity index (χ3n) is 2.62. The first-order valence-corrected chi connectivity index (χ1v) is 5.60. The molecule has 0 saturated carbocycles. The fourth-order valence-electron chi connectivity index (χ4n) is 1.63. The fraction of sp³-hybridized carbons (Fsp3) is 0.125. The van der Waals surface area contributed by atoms with E-state index in [-0.39, 0.29) is 0 Å². The molecule has 84 valence electrons. The molecule has 0 spiro atoms. The van der Waals surface area contributed by atoms with Crippen molar-refractivity contribution in [2.45, 2.75) is 13.8 Å². The first kappa shape index (κ1) is 11.3. The zero-order valence-corrected chi connectivity index (χ0v) is 10.1. The molecule has 0 heterocycles. The molecule has 2 aromatic carbocycles. The average molecular weight is 221 g/mol. The maximum atomic E-state index is 5.71. The summed E-state index contributed by atoms with van der Waals surface area (Å²) in [6.07, 6.45) is 0. The van der Waals surface area contributed by atoms with Gasteiger partial charge >= 0.3 is 0 Å². The lowest BCUT2D eigenvalue weighted by molar-refractivity contribution is 1.37. The molecular formula is C16H15N. The van der Waals surface area contributed by atoms with E-state index in [9.17, 15) is 0 Å². The molecule has 0 aromatic heterocycles. The van der Waals surface area contributed by atoms with Crippen molar-refractivity contribution in [2.75, 3.05) is 5.73 Å². The highest BCUT2D eigenvalue weighted by Gasteiger charge is 1.94. The van der Waals surface area contributed by atoms with Crippen LogP contribution in [-0.4, -0.2) is 0 Å². The van der Waals surface area contributed by atoms with Gasteiger partial charge in [-0.3, -0.25) is 0 Å². The number of aryl methyl sites for hydroxylation is 2. The van der Waals surface area contributed by atoms with Gasteiger partial charge in [-0.2, -0.15) is 0 Å². The largest absolute Gasteiger partial charge is 0.399 e. The molecule has 0 saturated heterocycles. The highest BCUT2D eigenvalue weighted by atomic mass is 14.5. The Bertz CT molecular complexity index is 600. The van der Waals surface area contributed by atoms with Gasteiger partial charge in [-0.05, 0) is 49.2 Å². The van der Waals surface area contributed by atoms with E-state index >= 15 is 0 Å². The van der Waals surface area contributed by atoms with Gasteiger partial charge in [0.1, 0.15) is 0 Å². The third kappa shape index (κ3) is 2.89. The summed E-state index contributed by atoms with van der Waals surface area (Å²) in [4.78, 5) is 0. The van der Waals surface area contributed by atoms with Crippen molar-refractivity contribution in [3.05, 3.63) is 64.7 Å². The predicted molar refractivity (Wildman–Crippen MR) is 72.8 cm³/mol. The standard InChI is InChI=1S/C16H15N/c1-12-6-7-13(2)15(10-12)9-8-14-4-3-5-16(17)11-14/h3-7,10-11H,17H2,1-2H3. The molecule has 0 aliphatic heterocycles. The number of rotatable bonds is 0. The zero-order valence-electron chi connectivity index (χ0n) is 10.1. The van der Waals surface area contributed by atoms with E-state index in [0.29, 0.717) is 0 Å². The van der Waals surface area contributed by atoms with Crippen LogP contribution in [0.25, 0.3) is 0 Å². The maximum Gasteiger partial charge on any atom is 0.0326 e. The Balaban J connectivity index is 2.36. The molecule has 0 aliphatic rings. The lowest BCUT2D eigenvalue weighted by atomic mass is 10.1. The molecule has 2 aromatic rings. The van der Waals surface area contributed by atoms with Crippen molar-refractivity contribution in [1.29, 1.82) is 0 Å². The summed E-state index contributed by atoms with van der Waals surface area (Å²) in [6.45, 7) is 4.15. The topological polar surface area (TPSA) is 26.0 Å². The van der Waals surface area contributed by atoms with Crippen LogP contribution in [0.4, 0.5) is 5.69 Å². The van der Waals surface area contributed by atoms with Crippen LogP contribution in [0, 0.1) is 25.7 Å². The Morgan fingerprint density at radius 1 is 0.941 bits per heavy atom. The minimum atomic E-state index is 0.748. The summed E-state index contributed by atoms with van der Waals surface area (Å²) in [6, 6.07) is 13.9. The summed E-state index contributed by atoms with van der Waals surface area (Å²) in [5, 5.41) is 0. The Hall–Kier alpha value is -2.20. The molecule has 0 fully saturated rings. The van der Waals surface area contributed by atoms with E-state index in [2.05, 4.69) is 43.9 Å². The lowest BCUT2D eigenvalue weighted by Crippen LogP contribution is -1.86. The van der Waals surface area contributed by atoms with Gasteiger partial charge in [-0.15, -0.1) is 0 Å². The van der Waals surface area contributed by atoms with E-state index in [1.165, 1.54) is 11.1 Å². The van der Waals surface area contributed by atoms with Crippen LogP contribution in [0.3, 0.4) is 0 Å². The smallest absolute Gasteiger partial charge is 0.0326 e. The second-order valence-electron chi connectivity index (χ2n) is 4.19. The molecule has 0 unspecified atom stereocenters. The minimum absolute atomic E-state index is 0.748. The van der Waals surface area contributed by atoms with Gasteiger partial charge in [0, 0.05) is 16.8 Å². The number of hydrogen-bond acceptors (Lipinski definition) is 1. The van der Waals surface area contributed by atoms with Gasteiger partial charge in [0.25, 0.3) is 0 Å². The molecule has 0 aliphatic carbocycles. The number of anilines is 1. The van der Waals surface area contributed by atoms with Crippen molar-refractivity contribution in [3.8, 4) is 11.8 Å². The number of nitrogens with two attached hydrogens (primary N) is 1. The second kappa shape index (κ2) is 4.76. The molecule has 1 nitrogen and oxygen atoms in total. The predicted octanol–water partition coefficient (Wildman–Crippen LogP) is 3.29. The molecule has 1 heteroatoms. The van der Waals surface area contributed by atoms with Crippen molar-refractivity contribution < 1.29 is 0 Å². The minimum Gasteiger partial charge on any atom is -0.399 e. The van der Waals surface area contributed by atoms with Gasteiger partial charge in [0.2, 0.25) is 0 Å². The molecule has 17 heavy (non-hydrogen) atoms. The van der Waals surface area contributed by atoms with Crippen LogP contribution in [0.2, 0.25) is 0 Å². The first-order valence-electron chi connectivity index (χ1n) is 5.60. The van der Waals surface area contributed by atoms with Gasteiger partial charge in [0.05, 0.1) is 0 Å². The summed E-state index contributed by atoms with van der Waals surface area (Å²) in [5.74, 6) is 6.33. The van der Waals surface area contributed by atoms with Crippen LogP contribution in [0.15, 0.2) is 42.5 Å². The SMILES string of the molecule is Cc1ccc(C)c(C#Cc2cccc(N)c2)c1. The highest BCUT2D eigenvalue weighted by Crippen LogP contribution is 2.10. The van der Waals surface area contributed by atoms with Crippen LogP contribution in [-0.2, 0) is 0 Å². The molecule has 0 atom stereocenters. The van der Waals surface area contributed by atoms with E-state index in [0.717, 1.165) is 16.8 Å². The summed E-state index contributed by atoms with van der Waals surface area (Å²) in [5.41, 5.74) is 10.9. The number of nitrogen functional groups attached to an aromatic ring is 1. The molecule has 0 amide bonds. The fourth-order valence-corrected chi connectivity index (χ4v) is 1.63. The average Bonchev–Trinajstić information content (AvgIpc) is 2.30. The van der Waals surface area contributed by atoms with Crippen LogP contribution < -0.4 is 5.73 Å². The summed E-state index contributed by atoms with van der Waals surface area (Å²) in [7, 11) is 0. The summed E-state index contributed by atoms with van der Waals surface area (Å²) >= 11 is 0. The van der Waals surface area contributed by atoms with E-state index in [1.54, 1.807) is 0 Å². The van der Waals surface area contributed by atoms with Crippen molar-refractivity contribution >= 4 is 5.69 Å². The molecular weight excluding hydrogens is 206 g/mol. The lowest BCUT2D eigenvalue weighted by Gasteiger charge is -1.99. The Labute approximate surface area is 102 Å². The Morgan fingerprint density at radius 2 is 1.76 bits per heavy atom. The molecule has 2 N–H and O–H groups in total. The Morgan fingerprint density at radius 3 is 2.53 bits per heavy atom. The maximum absolute atomic E-state index is 5.71. The Kier molecular flexibility index (Phi) is 3.16. The molecule has 2 rings (SSSR count). The van der Waals surface area contributed by atoms with Crippen molar-refractivity contribution in [2.24, 2.45) is 0 Å². The van der Waals surface area contributed by atoms with Gasteiger partial charge < -0.3 is 5.73 Å². The quantitative estimate of drug-likeness (QED) is 0.536. The summed E-state index contributed by atoms with van der Waals surface area (Å²) < 4.78 is 0.